The Morgan fingerprint density at radius 2 is 1.70 bits per heavy atom. The van der Waals surface area contributed by atoms with E-state index in [0.717, 1.165) is 0 Å². The number of aliphatic hydroxyl groups is 3. The lowest BCUT2D eigenvalue weighted by molar-refractivity contribution is -0.193. The highest BCUT2D eigenvalue weighted by Crippen LogP contribution is 2.11. The number of hydrogen-bond acceptors (Lipinski definition) is 4. The number of halogens is 1. The molecule has 3 atom stereocenters. The van der Waals surface area contributed by atoms with Crippen molar-refractivity contribution in [1.82, 2.24) is 0 Å². The van der Waals surface area contributed by atoms with Crippen LogP contribution in [0.1, 0.15) is 6.42 Å². The van der Waals surface area contributed by atoms with Crippen molar-refractivity contribution in [3.8, 4) is 0 Å². The van der Waals surface area contributed by atoms with Crippen molar-refractivity contribution >= 4 is 12.4 Å². The highest BCUT2D eigenvalue weighted by molar-refractivity contribution is 5.85. The Bertz CT molecular complexity index is 99.6. The Labute approximate surface area is 64.8 Å². The highest BCUT2D eigenvalue weighted by atomic mass is 35.5. The van der Waals surface area contributed by atoms with Crippen molar-refractivity contribution in [2.45, 2.75) is 24.9 Å². The first-order valence-electron chi connectivity index (χ1n) is 2.86. The van der Waals surface area contributed by atoms with Gasteiger partial charge < -0.3 is 20.1 Å². The first-order valence-corrected chi connectivity index (χ1v) is 2.86. The number of ether oxygens (including phenoxy) is 1. The van der Waals surface area contributed by atoms with Gasteiger partial charge in [0.05, 0.1) is 12.7 Å². The van der Waals surface area contributed by atoms with Gasteiger partial charge in [-0.15, -0.1) is 12.4 Å². The fourth-order valence-electron chi connectivity index (χ4n) is 0.752. The Morgan fingerprint density at radius 1 is 1.10 bits per heavy atom. The maximum atomic E-state index is 8.86. The van der Waals surface area contributed by atoms with Crippen molar-refractivity contribution in [2.75, 3.05) is 6.61 Å². The Balaban J connectivity index is 0.000000810. The van der Waals surface area contributed by atoms with E-state index >= 15 is 0 Å². The zero-order chi connectivity index (χ0) is 6.85. The fourth-order valence-corrected chi connectivity index (χ4v) is 0.752. The van der Waals surface area contributed by atoms with Crippen LogP contribution in [0.5, 0.6) is 0 Å². The molecule has 3 unspecified atom stereocenters. The average molecular weight is 171 g/mol. The topological polar surface area (TPSA) is 69.9 Å². The Kier molecular flexibility index (Phi) is 4.15. The summed E-state index contributed by atoms with van der Waals surface area (Å²) in [6.07, 6.45) is -2.49. The van der Waals surface area contributed by atoms with Crippen LogP contribution in [0, 0.1) is 0 Å². The molecule has 0 bridgehead atoms. The van der Waals surface area contributed by atoms with Crippen molar-refractivity contribution in [3.05, 3.63) is 0 Å². The molecule has 10 heavy (non-hydrogen) atoms. The molecule has 0 aliphatic carbocycles. The van der Waals surface area contributed by atoms with Gasteiger partial charge in [0.15, 0.2) is 6.29 Å². The molecule has 1 heterocycles. The Morgan fingerprint density at radius 3 is 2.10 bits per heavy atom. The molecule has 1 saturated heterocycles. The SMILES string of the molecule is Cl.OC1CC(O)C(O)CO1. The standard InChI is InChI=1S/C5H10O4.ClH/c6-3-1-5(8)9-2-4(3)7;/h3-8H,1-2H2;1H. The second-order valence-corrected chi connectivity index (χ2v) is 2.16. The predicted molar refractivity (Wildman–Crippen MR) is 35.8 cm³/mol. The van der Waals surface area contributed by atoms with Crippen LogP contribution in [0.4, 0.5) is 0 Å². The summed E-state index contributed by atoms with van der Waals surface area (Å²) in [5.41, 5.74) is 0. The summed E-state index contributed by atoms with van der Waals surface area (Å²) < 4.78 is 4.61. The van der Waals surface area contributed by atoms with Gasteiger partial charge in [0, 0.05) is 6.42 Å². The van der Waals surface area contributed by atoms with Crippen molar-refractivity contribution in [2.24, 2.45) is 0 Å². The summed E-state index contributed by atoms with van der Waals surface area (Å²) in [6.45, 7) is 0.0162. The van der Waals surface area contributed by atoms with Gasteiger partial charge in [-0.1, -0.05) is 0 Å². The molecule has 4 nitrogen and oxygen atoms in total. The van der Waals surface area contributed by atoms with Crippen LogP contribution in [-0.4, -0.2) is 40.4 Å². The third kappa shape index (κ3) is 2.40. The van der Waals surface area contributed by atoms with E-state index in [1.807, 2.05) is 0 Å². The number of hydrogen-bond donors (Lipinski definition) is 3. The first-order chi connectivity index (χ1) is 4.20. The van der Waals surface area contributed by atoms with E-state index in [4.69, 9.17) is 15.3 Å². The number of rotatable bonds is 0. The minimum absolute atomic E-state index is 0. The van der Waals surface area contributed by atoms with Gasteiger partial charge in [0.1, 0.15) is 6.10 Å². The molecule has 1 aliphatic heterocycles. The molecule has 1 fully saturated rings. The largest absolute Gasteiger partial charge is 0.390 e. The van der Waals surface area contributed by atoms with Gasteiger partial charge in [-0.25, -0.2) is 0 Å². The summed E-state index contributed by atoms with van der Waals surface area (Å²) in [6, 6.07) is 0. The van der Waals surface area contributed by atoms with Crippen molar-refractivity contribution in [3.63, 3.8) is 0 Å². The van der Waals surface area contributed by atoms with E-state index in [2.05, 4.69) is 4.74 Å². The summed E-state index contributed by atoms with van der Waals surface area (Å²) in [4.78, 5) is 0. The second-order valence-electron chi connectivity index (χ2n) is 2.16. The molecule has 0 aromatic carbocycles. The summed E-state index contributed by atoms with van der Waals surface area (Å²) in [5.74, 6) is 0. The van der Waals surface area contributed by atoms with Crippen LogP contribution in [0.15, 0.2) is 0 Å². The molecule has 0 amide bonds. The highest BCUT2D eigenvalue weighted by Gasteiger charge is 2.26. The van der Waals surface area contributed by atoms with Crippen LogP contribution >= 0.6 is 12.4 Å². The van der Waals surface area contributed by atoms with Gasteiger partial charge in [-0.3, -0.25) is 0 Å². The van der Waals surface area contributed by atoms with Crippen molar-refractivity contribution in [1.29, 1.82) is 0 Å². The van der Waals surface area contributed by atoms with Gasteiger partial charge in [-0.2, -0.15) is 0 Å². The average Bonchev–Trinajstić information content (AvgIpc) is 1.80. The molecule has 0 aromatic rings. The van der Waals surface area contributed by atoms with E-state index < -0.39 is 18.5 Å². The third-order valence-electron chi connectivity index (χ3n) is 1.35. The maximum absolute atomic E-state index is 8.86. The normalized spacial score (nSPS) is 40.5. The minimum Gasteiger partial charge on any atom is -0.390 e. The smallest absolute Gasteiger partial charge is 0.157 e. The van der Waals surface area contributed by atoms with Crippen LogP contribution < -0.4 is 0 Å². The van der Waals surface area contributed by atoms with Gasteiger partial charge >= 0.3 is 0 Å². The minimum atomic E-state index is -0.914. The molecule has 3 N–H and O–H groups in total. The first kappa shape index (κ1) is 10.1. The monoisotopic (exact) mass is 170 g/mol. The molecule has 5 heteroatoms. The molecule has 1 aliphatic rings. The van der Waals surface area contributed by atoms with Gasteiger partial charge in [0.2, 0.25) is 0 Å². The zero-order valence-electron chi connectivity index (χ0n) is 5.30. The van der Waals surface area contributed by atoms with Crippen LogP contribution in [0.3, 0.4) is 0 Å². The molecule has 0 spiro atoms. The molecule has 0 radical (unpaired) electrons. The second kappa shape index (κ2) is 4.10. The fraction of sp³-hybridized carbons (Fsp3) is 1.00. The number of aliphatic hydroxyl groups excluding tert-OH is 3. The van der Waals surface area contributed by atoms with E-state index in [9.17, 15) is 0 Å². The predicted octanol–water partition coefficient (Wildman–Crippen LogP) is -1.13. The quantitative estimate of drug-likeness (QED) is 0.430. The lowest BCUT2D eigenvalue weighted by atomic mass is 10.1. The molecule has 0 saturated carbocycles. The van der Waals surface area contributed by atoms with E-state index in [-0.39, 0.29) is 25.4 Å². The molecular formula is C5H11ClO4. The molecule has 0 aromatic heterocycles. The summed E-state index contributed by atoms with van der Waals surface area (Å²) in [7, 11) is 0. The van der Waals surface area contributed by atoms with Gasteiger partial charge in [-0.05, 0) is 0 Å². The van der Waals surface area contributed by atoms with Crippen molar-refractivity contribution < 1.29 is 20.1 Å². The van der Waals surface area contributed by atoms with Crippen LogP contribution in [-0.2, 0) is 4.74 Å². The lowest BCUT2D eigenvalue weighted by Gasteiger charge is -2.26. The van der Waals surface area contributed by atoms with Crippen LogP contribution in [0.2, 0.25) is 0 Å². The van der Waals surface area contributed by atoms with E-state index in [1.54, 1.807) is 0 Å². The summed E-state index contributed by atoms with van der Waals surface area (Å²) in [5, 5.41) is 26.4. The van der Waals surface area contributed by atoms with Crippen LogP contribution in [0.25, 0.3) is 0 Å². The molecule has 1 rings (SSSR count). The molecular weight excluding hydrogens is 160 g/mol. The van der Waals surface area contributed by atoms with E-state index in [0.29, 0.717) is 0 Å². The third-order valence-corrected chi connectivity index (χ3v) is 1.35. The molecule has 62 valence electrons. The zero-order valence-corrected chi connectivity index (χ0v) is 6.12. The lowest BCUT2D eigenvalue weighted by Crippen LogP contribution is -2.40. The van der Waals surface area contributed by atoms with E-state index in [1.165, 1.54) is 0 Å². The Hall–Kier alpha value is 0.130. The maximum Gasteiger partial charge on any atom is 0.157 e. The summed E-state index contributed by atoms with van der Waals surface area (Å²) >= 11 is 0. The van der Waals surface area contributed by atoms with Gasteiger partial charge in [0.25, 0.3) is 0 Å².